The van der Waals surface area contributed by atoms with Crippen LogP contribution in [0.1, 0.15) is 74.2 Å². The standard InChI is InChI=1S/C20H29NO2/c1-3-16-10-12-17(13-11-16)19(22)14-15-20(23)21(2)18-8-6-4-5-7-9-18/h10-13,18H,3-9,14-15H2,1-2H3. The smallest absolute Gasteiger partial charge is 0.223 e. The molecule has 0 unspecified atom stereocenters. The summed E-state index contributed by atoms with van der Waals surface area (Å²) in [5.74, 6) is 0.172. The van der Waals surface area contributed by atoms with Gasteiger partial charge in [-0.15, -0.1) is 0 Å². The summed E-state index contributed by atoms with van der Waals surface area (Å²) in [6, 6.07) is 8.10. The van der Waals surface area contributed by atoms with Crippen LogP contribution in [0.25, 0.3) is 0 Å². The summed E-state index contributed by atoms with van der Waals surface area (Å²) in [5.41, 5.74) is 1.94. The largest absolute Gasteiger partial charge is 0.343 e. The van der Waals surface area contributed by atoms with Gasteiger partial charge < -0.3 is 4.90 Å². The predicted molar refractivity (Wildman–Crippen MR) is 93.6 cm³/mol. The molecule has 3 heteroatoms. The fourth-order valence-electron chi connectivity index (χ4n) is 3.32. The van der Waals surface area contributed by atoms with Gasteiger partial charge in [-0.2, -0.15) is 0 Å². The summed E-state index contributed by atoms with van der Waals surface area (Å²) in [4.78, 5) is 26.5. The van der Waals surface area contributed by atoms with E-state index < -0.39 is 0 Å². The molecule has 0 spiro atoms. The maximum Gasteiger partial charge on any atom is 0.223 e. The van der Waals surface area contributed by atoms with Crippen molar-refractivity contribution in [3.05, 3.63) is 35.4 Å². The minimum Gasteiger partial charge on any atom is -0.343 e. The average Bonchev–Trinajstić information content (AvgIpc) is 2.88. The monoisotopic (exact) mass is 315 g/mol. The van der Waals surface area contributed by atoms with Crippen molar-refractivity contribution in [3.8, 4) is 0 Å². The molecule has 0 heterocycles. The summed E-state index contributed by atoms with van der Waals surface area (Å²) < 4.78 is 0. The molecule has 1 amide bonds. The van der Waals surface area contributed by atoms with E-state index in [1.54, 1.807) is 0 Å². The molecule has 1 saturated carbocycles. The number of nitrogens with zero attached hydrogens (tertiary/aromatic N) is 1. The highest BCUT2D eigenvalue weighted by Gasteiger charge is 2.21. The third-order valence-corrected chi connectivity index (χ3v) is 5.02. The van der Waals surface area contributed by atoms with Gasteiger partial charge in [-0.3, -0.25) is 9.59 Å². The Morgan fingerprint density at radius 2 is 1.61 bits per heavy atom. The first-order valence-electron chi connectivity index (χ1n) is 8.99. The van der Waals surface area contributed by atoms with Crippen LogP contribution >= 0.6 is 0 Å². The van der Waals surface area contributed by atoms with Crippen molar-refractivity contribution in [2.75, 3.05) is 7.05 Å². The van der Waals surface area contributed by atoms with Crippen molar-refractivity contribution in [1.82, 2.24) is 4.90 Å². The molecule has 0 bridgehead atoms. The van der Waals surface area contributed by atoms with Gasteiger partial charge in [0, 0.05) is 31.5 Å². The van der Waals surface area contributed by atoms with Gasteiger partial charge in [0.15, 0.2) is 5.78 Å². The number of hydrogen-bond acceptors (Lipinski definition) is 2. The lowest BCUT2D eigenvalue weighted by molar-refractivity contribution is -0.132. The number of amides is 1. The fraction of sp³-hybridized carbons (Fsp3) is 0.600. The molecular formula is C20H29NO2. The number of aryl methyl sites for hydroxylation is 1. The van der Waals surface area contributed by atoms with Gasteiger partial charge in [0.2, 0.25) is 5.91 Å². The molecule has 0 aromatic heterocycles. The summed E-state index contributed by atoms with van der Waals surface area (Å²) in [5, 5.41) is 0. The molecule has 2 rings (SSSR count). The SMILES string of the molecule is CCc1ccc(C(=O)CCC(=O)N(C)C2CCCCCC2)cc1. The van der Waals surface area contributed by atoms with Gasteiger partial charge in [0.05, 0.1) is 0 Å². The molecule has 1 aromatic rings. The van der Waals surface area contributed by atoms with E-state index >= 15 is 0 Å². The Bertz CT molecular complexity index is 513. The Balaban J connectivity index is 1.83. The zero-order chi connectivity index (χ0) is 16.7. The lowest BCUT2D eigenvalue weighted by atomic mass is 10.0. The first-order valence-corrected chi connectivity index (χ1v) is 8.99. The van der Waals surface area contributed by atoms with Gasteiger partial charge in [-0.05, 0) is 24.8 Å². The number of carbonyl (C=O) groups excluding carboxylic acids is 2. The number of carbonyl (C=O) groups is 2. The Morgan fingerprint density at radius 1 is 1.00 bits per heavy atom. The number of benzene rings is 1. The van der Waals surface area contributed by atoms with Crippen LogP contribution in [-0.2, 0) is 11.2 Å². The van der Waals surface area contributed by atoms with Crippen molar-refractivity contribution < 1.29 is 9.59 Å². The van der Waals surface area contributed by atoms with Crippen LogP contribution in [0.15, 0.2) is 24.3 Å². The fourth-order valence-corrected chi connectivity index (χ4v) is 3.32. The Hall–Kier alpha value is -1.64. The van der Waals surface area contributed by atoms with Crippen molar-refractivity contribution in [1.29, 1.82) is 0 Å². The van der Waals surface area contributed by atoms with E-state index in [1.807, 2.05) is 36.2 Å². The maximum atomic E-state index is 12.4. The van der Waals surface area contributed by atoms with E-state index in [9.17, 15) is 9.59 Å². The summed E-state index contributed by atoms with van der Waals surface area (Å²) in [7, 11) is 1.90. The van der Waals surface area contributed by atoms with E-state index in [0.29, 0.717) is 24.4 Å². The van der Waals surface area contributed by atoms with Crippen LogP contribution in [0.5, 0.6) is 0 Å². The lowest BCUT2D eigenvalue weighted by Gasteiger charge is -2.27. The second kappa shape index (κ2) is 8.85. The predicted octanol–water partition coefficient (Wildman–Crippen LogP) is 4.39. The van der Waals surface area contributed by atoms with Crippen LogP contribution in [0, 0.1) is 0 Å². The molecule has 23 heavy (non-hydrogen) atoms. The molecule has 0 radical (unpaired) electrons. The number of Topliss-reactive ketones (excluding diaryl/α,β-unsaturated/α-hetero) is 1. The highest BCUT2D eigenvalue weighted by Crippen LogP contribution is 2.21. The molecule has 0 atom stereocenters. The molecule has 1 fully saturated rings. The molecule has 0 N–H and O–H groups in total. The first-order chi connectivity index (χ1) is 11.1. The molecule has 1 aliphatic rings. The zero-order valence-electron chi connectivity index (χ0n) is 14.5. The van der Waals surface area contributed by atoms with E-state index in [-0.39, 0.29) is 11.7 Å². The summed E-state index contributed by atoms with van der Waals surface area (Å²) in [6.45, 7) is 2.10. The maximum absolute atomic E-state index is 12.4. The Kier molecular flexibility index (Phi) is 6.82. The Labute approximate surface area is 140 Å². The normalized spacial score (nSPS) is 15.9. The highest BCUT2D eigenvalue weighted by molar-refractivity contribution is 5.97. The van der Waals surface area contributed by atoms with Gasteiger partial charge in [0.1, 0.15) is 0 Å². The van der Waals surface area contributed by atoms with Crippen LogP contribution < -0.4 is 0 Å². The third kappa shape index (κ3) is 5.19. The number of rotatable bonds is 6. The van der Waals surface area contributed by atoms with Crippen LogP contribution in [0.3, 0.4) is 0 Å². The molecule has 3 nitrogen and oxygen atoms in total. The lowest BCUT2D eigenvalue weighted by Crippen LogP contribution is -2.36. The minimum absolute atomic E-state index is 0.0651. The molecule has 1 aliphatic carbocycles. The van der Waals surface area contributed by atoms with Crippen molar-refractivity contribution >= 4 is 11.7 Å². The number of ketones is 1. The second-order valence-electron chi connectivity index (χ2n) is 6.62. The van der Waals surface area contributed by atoms with Crippen molar-refractivity contribution in [3.63, 3.8) is 0 Å². The van der Waals surface area contributed by atoms with Crippen LogP contribution in [-0.4, -0.2) is 29.7 Å². The molecule has 126 valence electrons. The van der Waals surface area contributed by atoms with E-state index in [1.165, 1.54) is 31.2 Å². The van der Waals surface area contributed by atoms with Gasteiger partial charge in [-0.1, -0.05) is 56.9 Å². The zero-order valence-corrected chi connectivity index (χ0v) is 14.5. The molecule has 0 saturated heterocycles. The quantitative estimate of drug-likeness (QED) is 0.576. The topological polar surface area (TPSA) is 37.4 Å². The van der Waals surface area contributed by atoms with Crippen LogP contribution in [0.2, 0.25) is 0 Å². The summed E-state index contributed by atoms with van der Waals surface area (Å²) >= 11 is 0. The van der Waals surface area contributed by atoms with Gasteiger partial charge in [0.25, 0.3) is 0 Å². The van der Waals surface area contributed by atoms with E-state index in [0.717, 1.165) is 19.3 Å². The summed E-state index contributed by atoms with van der Waals surface area (Å²) in [6.07, 6.45) is 8.80. The third-order valence-electron chi connectivity index (χ3n) is 5.02. The van der Waals surface area contributed by atoms with E-state index in [2.05, 4.69) is 6.92 Å². The minimum atomic E-state index is 0.0651. The molecule has 1 aromatic carbocycles. The first kappa shape index (κ1) is 17.7. The highest BCUT2D eigenvalue weighted by atomic mass is 16.2. The molecular weight excluding hydrogens is 286 g/mol. The average molecular weight is 315 g/mol. The van der Waals surface area contributed by atoms with Crippen molar-refractivity contribution in [2.24, 2.45) is 0 Å². The number of hydrogen-bond donors (Lipinski definition) is 0. The van der Waals surface area contributed by atoms with E-state index in [4.69, 9.17) is 0 Å². The van der Waals surface area contributed by atoms with Crippen molar-refractivity contribution in [2.45, 2.75) is 70.8 Å². The second-order valence-corrected chi connectivity index (χ2v) is 6.62. The van der Waals surface area contributed by atoms with Crippen LogP contribution in [0.4, 0.5) is 0 Å². The van der Waals surface area contributed by atoms with Gasteiger partial charge in [-0.25, -0.2) is 0 Å². The van der Waals surface area contributed by atoms with Gasteiger partial charge >= 0.3 is 0 Å². The molecule has 0 aliphatic heterocycles. The Morgan fingerprint density at radius 3 is 2.17 bits per heavy atom.